The highest BCUT2D eigenvalue weighted by atomic mass is 19.4. The van der Waals surface area contributed by atoms with Crippen molar-refractivity contribution in [2.24, 2.45) is 0 Å². The summed E-state index contributed by atoms with van der Waals surface area (Å²) in [5.41, 5.74) is -1.74. The molecule has 2 N–H and O–H groups in total. The molecule has 0 fully saturated rings. The molecule has 0 radical (unpaired) electrons. The van der Waals surface area contributed by atoms with Gasteiger partial charge < -0.3 is 10.3 Å². The molecular formula is C18H10F3N3O2. The van der Waals surface area contributed by atoms with Gasteiger partial charge in [0.1, 0.15) is 5.56 Å². The van der Waals surface area contributed by atoms with Gasteiger partial charge >= 0.3 is 6.18 Å². The molecule has 5 nitrogen and oxygen atoms in total. The summed E-state index contributed by atoms with van der Waals surface area (Å²) < 4.78 is 39.1. The summed E-state index contributed by atoms with van der Waals surface area (Å²) in [5, 5.41) is 11.0. The van der Waals surface area contributed by atoms with E-state index in [9.17, 15) is 22.8 Å². The van der Waals surface area contributed by atoms with Crippen molar-refractivity contribution in [1.29, 1.82) is 5.26 Å². The maximum Gasteiger partial charge on any atom is 0.418 e. The zero-order valence-electron chi connectivity index (χ0n) is 13.0. The number of aromatic amines is 1. The summed E-state index contributed by atoms with van der Waals surface area (Å²) in [6.45, 7) is 0. The highest BCUT2D eigenvalue weighted by Crippen LogP contribution is 2.33. The third-order valence-corrected chi connectivity index (χ3v) is 3.74. The average Bonchev–Trinajstić information content (AvgIpc) is 2.61. The summed E-state index contributed by atoms with van der Waals surface area (Å²) >= 11 is 0. The second-order valence-electron chi connectivity index (χ2n) is 5.40. The van der Waals surface area contributed by atoms with Crippen LogP contribution in [-0.4, -0.2) is 10.9 Å². The van der Waals surface area contributed by atoms with Gasteiger partial charge in [-0.1, -0.05) is 6.07 Å². The number of anilines is 1. The molecule has 3 rings (SSSR count). The average molecular weight is 357 g/mol. The number of carbonyl (C=O) groups excluding carboxylic acids is 1. The van der Waals surface area contributed by atoms with Gasteiger partial charge in [-0.15, -0.1) is 0 Å². The van der Waals surface area contributed by atoms with E-state index >= 15 is 0 Å². The van der Waals surface area contributed by atoms with Crippen LogP contribution >= 0.6 is 0 Å². The van der Waals surface area contributed by atoms with Gasteiger partial charge in [0.25, 0.3) is 5.91 Å². The molecule has 0 unspecified atom stereocenters. The number of hydrogen-bond donors (Lipinski definition) is 2. The number of rotatable bonds is 2. The molecule has 0 saturated heterocycles. The van der Waals surface area contributed by atoms with Crippen LogP contribution in [0.25, 0.3) is 10.9 Å². The maximum absolute atomic E-state index is 13.0. The molecule has 1 heterocycles. The van der Waals surface area contributed by atoms with Gasteiger partial charge in [-0.05, 0) is 36.4 Å². The van der Waals surface area contributed by atoms with Crippen molar-refractivity contribution >= 4 is 22.5 Å². The van der Waals surface area contributed by atoms with E-state index in [2.05, 4.69) is 10.3 Å². The normalized spacial score (nSPS) is 11.2. The minimum atomic E-state index is -4.63. The first-order chi connectivity index (χ1) is 12.3. The second-order valence-corrected chi connectivity index (χ2v) is 5.40. The minimum absolute atomic E-state index is 0.229. The van der Waals surface area contributed by atoms with Crippen molar-refractivity contribution in [2.45, 2.75) is 6.18 Å². The Hall–Kier alpha value is -3.60. The van der Waals surface area contributed by atoms with Crippen molar-refractivity contribution in [3.05, 3.63) is 75.6 Å². The van der Waals surface area contributed by atoms with Crippen LogP contribution in [-0.2, 0) is 6.18 Å². The standard InChI is InChI=1S/C18H10F3N3O2/c19-18(20,21)14-3-1-2-12-15(14)23-9-13(16(12)25)17(26)24-11-6-4-10(8-22)5-7-11/h1-7,9H,(H,23,25)(H,24,26). The van der Waals surface area contributed by atoms with E-state index in [4.69, 9.17) is 5.26 Å². The number of nitrogens with one attached hydrogen (secondary N) is 2. The first-order valence-corrected chi connectivity index (χ1v) is 7.34. The van der Waals surface area contributed by atoms with E-state index < -0.39 is 23.1 Å². The van der Waals surface area contributed by atoms with Crippen LogP contribution in [0.3, 0.4) is 0 Å². The number of H-pyrrole nitrogens is 1. The van der Waals surface area contributed by atoms with Crippen molar-refractivity contribution in [1.82, 2.24) is 4.98 Å². The lowest BCUT2D eigenvalue weighted by molar-refractivity contribution is -0.136. The van der Waals surface area contributed by atoms with E-state index in [0.717, 1.165) is 18.3 Å². The number of benzene rings is 2. The fourth-order valence-electron chi connectivity index (χ4n) is 2.48. The number of aromatic nitrogens is 1. The van der Waals surface area contributed by atoms with Gasteiger partial charge in [-0.2, -0.15) is 18.4 Å². The molecule has 1 amide bonds. The molecule has 0 aliphatic heterocycles. The fraction of sp³-hybridized carbons (Fsp3) is 0.0556. The molecule has 26 heavy (non-hydrogen) atoms. The molecule has 8 heteroatoms. The largest absolute Gasteiger partial charge is 0.418 e. The van der Waals surface area contributed by atoms with Crippen molar-refractivity contribution in [3.8, 4) is 6.07 Å². The van der Waals surface area contributed by atoms with Crippen molar-refractivity contribution in [3.63, 3.8) is 0 Å². The Kier molecular flexibility index (Phi) is 4.22. The maximum atomic E-state index is 13.0. The molecule has 130 valence electrons. The monoisotopic (exact) mass is 357 g/mol. The molecule has 1 aromatic heterocycles. The Balaban J connectivity index is 2.00. The van der Waals surface area contributed by atoms with Crippen LogP contribution in [0.15, 0.2) is 53.5 Å². The third-order valence-electron chi connectivity index (χ3n) is 3.74. The molecule has 0 aliphatic rings. The molecular weight excluding hydrogens is 347 g/mol. The molecule has 0 aliphatic carbocycles. The molecule has 0 atom stereocenters. The molecule has 0 saturated carbocycles. The van der Waals surface area contributed by atoms with Crippen LogP contribution in [0.2, 0.25) is 0 Å². The lowest BCUT2D eigenvalue weighted by atomic mass is 10.1. The van der Waals surface area contributed by atoms with Gasteiger partial charge in [0.05, 0.1) is 22.7 Å². The smallest absolute Gasteiger partial charge is 0.360 e. The quantitative estimate of drug-likeness (QED) is 0.734. The first-order valence-electron chi connectivity index (χ1n) is 7.34. The Labute approximate surface area is 144 Å². The van der Waals surface area contributed by atoms with E-state index in [0.29, 0.717) is 11.3 Å². The molecule has 0 spiro atoms. The van der Waals surface area contributed by atoms with Crippen LogP contribution in [0.1, 0.15) is 21.5 Å². The predicted octanol–water partition coefficient (Wildman–Crippen LogP) is 3.67. The number of pyridine rings is 1. The number of hydrogen-bond acceptors (Lipinski definition) is 3. The Morgan fingerprint density at radius 3 is 2.42 bits per heavy atom. The van der Waals surface area contributed by atoms with Crippen molar-refractivity contribution in [2.75, 3.05) is 5.32 Å². The van der Waals surface area contributed by atoms with Crippen LogP contribution in [0, 0.1) is 11.3 Å². The lowest BCUT2D eigenvalue weighted by Crippen LogP contribution is -2.22. The zero-order valence-corrected chi connectivity index (χ0v) is 13.0. The minimum Gasteiger partial charge on any atom is -0.360 e. The first kappa shape index (κ1) is 17.2. The highest BCUT2D eigenvalue weighted by Gasteiger charge is 2.33. The Morgan fingerprint density at radius 2 is 1.81 bits per heavy atom. The number of carbonyl (C=O) groups is 1. The molecule has 0 bridgehead atoms. The number of amides is 1. The Bertz CT molecular complexity index is 1090. The number of halogens is 3. The summed E-state index contributed by atoms with van der Waals surface area (Å²) in [5.74, 6) is -0.768. The van der Waals surface area contributed by atoms with Crippen molar-refractivity contribution < 1.29 is 18.0 Å². The topological polar surface area (TPSA) is 85.8 Å². The number of alkyl halides is 3. The van der Waals surface area contributed by atoms with Crippen LogP contribution < -0.4 is 10.7 Å². The van der Waals surface area contributed by atoms with Gasteiger partial charge in [0, 0.05) is 17.3 Å². The van der Waals surface area contributed by atoms with Gasteiger partial charge in [-0.3, -0.25) is 9.59 Å². The number of nitrogens with zero attached hydrogens (tertiary/aromatic N) is 1. The summed E-state index contributed by atoms with van der Waals surface area (Å²) in [7, 11) is 0. The SMILES string of the molecule is N#Cc1ccc(NC(=O)c2c[nH]c3c(C(F)(F)F)cccc3c2=O)cc1. The second kappa shape index (κ2) is 6.37. The highest BCUT2D eigenvalue weighted by molar-refractivity contribution is 6.05. The third kappa shape index (κ3) is 3.15. The van der Waals surface area contributed by atoms with E-state index in [-0.39, 0.29) is 16.5 Å². The van der Waals surface area contributed by atoms with Gasteiger partial charge in [-0.25, -0.2) is 0 Å². The van der Waals surface area contributed by atoms with Gasteiger partial charge in [0.15, 0.2) is 0 Å². The summed E-state index contributed by atoms with van der Waals surface area (Å²) in [6.07, 6.45) is -3.67. The number of nitriles is 1. The summed E-state index contributed by atoms with van der Waals surface area (Å²) in [4.78, 5) is 27.1. The van der Waals surface area contributed by atoms with Gasteiger partial charge in [0.2, 0.25) is 5.43 Å². The van der Waals surface area contributed by atoms with E-state index in [1.807, 2.05) is 6.07 Å². The molecule has 2 aromatic carbocycles. The predicted molar refractivity (Wildman–Crippen MR) is 88.7 cm³/mol. The Morgan fingerprint density at radius 1 is 1.12 bits per heavy atom. The van der Waals surface area contributed by atoms with E-state index in [1.54, 1.807) is 0 Å². The van der Waals surface area contributed by atoms with Crippen LogP contribution in [0.5, 0.6) is 0 Å². The molecule has 3 aromatic rings. The summed E-state index contributed by atoms with van der Waals surface area (Å²) in [6, 6.07) is 11.0. The van der Waals surface area contributed by atoms with Crippen LogP contribution in [0.4, 0.5) is 18.9 Å². The van der Waals surface area contributed by atoms with E-state index in [1.165, 1.54) is 30.3 Å². The number of fused-ring (bicyclic) bond motifs is 1. The lowest BCUT2D eigenvalue weighted by Gasteiger charge is -2.11. The fourth-order valence-corrected chi connectivity index (χ4v) is 2.48. The number of para-hydroxylation sites is 1. The zero-order chi connectivity index (χ0) is 18.9.